The van der Waals surface area contributed by atoms with Crippen LogP contribution in [0.3, 0.4) is 0 Å². The second-order valence-electron chi connectivity index (χ2n) is 6.92. The normalized spacial score (nSPS) is 12.9. The Bertz CT molecular complexity index is 344. The number of nitrogens with one attached hydrogen (secondary N) is 1. The van der Waals surface area contributed by atoms with Crippen LogP contribution < -0.4 is 5.32 Å². The van der Waals surface area contributed by atoms with Crippen LogP contribution in [-0.2, 0) is 11.3 Å². The first kappa shape index (κ1) is 16.2. The third-order valence-corrected chi connectivity index (χ3v) is 3.20. The van der Waals surface area contributed by atoms with E-state index in [1.165, 1.54) is 0 Å². The van der Waals surface area contributed by atoms with E-state index in [1.807, 2.05) is 18.7 Å². The molecule has 1 aromatic heterocycles. The molecule has 1 N–H and O–H groups in total. The number of nitrogens with zero attached hydrogens (tertiary/aromatic N) is 2. The maximum Gasteiger partial charge on any atom is 0.0946 e. The Balaban J connectivity index is 2.26. The maximum absolute atomic E-state index is 5.30. The lowest BCUT2D eigenvalue weighted by Crippen LogP contribution is -2.36. The van der Waals surface area contributed by atoms with Crippen molar-refractivity contribution in [1.82, 2.24) is 14.9 Å². The number of ether oxygens (including phenoxy) is 1. The van der Waals surface area contributed by atoms with Crippen LogP contribution >= 0.6 is 0 Å². The van der Waals surface area contributed by atoms with Crippen LogP contribution in [0.1, 0.15) is 34.1 Å². The second-order valence-corrected chi connectivity index (χ2v) is 6.92. The van der Waals surface area contributed by atoms with Gasteiger partial charge in [0.25, 0.3) is 0 Å². The molecule has 1 rings (SSSR count). The van der Waals surface area contributed by atoms with Crippen LogP contribution in [0.15, 0.2) is 18.7 Å². The quantitative estimate of drug-likeness (QED) is 0.699. The summed E-state index contributed by atoms with van der Waals surface area (Å²) in [7, 11) is 1.78. The van der Waals surface area contributed by atoms with Gasteiger partial charge in [0.1, 0.15) is 0 Å². The van der Waals surface area contributed by atoms with Crippen molar-refractivity contribution in [1.29, 1.82) is 0 Å². The molecule has 19 heavy (non-hydrogen) atoms. The van der Waals surface area contributed by atoms with Gasteiger partial charge in [-0.25, -0.2) is 4.98 Å². The van der Waals surface area contributed by atoms with Gasteiger partial charge in [-0.2, -0.15) is 0 Å². The standard InChI is InChI=1S/C15H29N3O/c1-14(2,10-15(3,4)12-19-5)11-16-6-8-18-9-7-17-13-18/h7,9,13,16H,6,8,10-12H2,1-5H3. The summed E-state index contributed by atoms with van der Waals surface area (Å²) in [5.41, 5.74) is 0.501. The highest BCUT2D eigenvalue weighted by Crippen LogP contribution is 2.33. The topological polar surface area (TPSA) is 39.1 Å². The SMILES string of the molecule is COCC(C)(C)CC(C)(C)CNCCn1ccnc1. The van der Waals surface area contributed by atoms with Crippen molar-refractivity contribution in [3.05, 3.63) is 18.7 Å². The maximum atomic E-state index is 5.30. The Morgan fingerprint density at radius 3 is 2.53 bits per heavy atom. The number of rotatable bonds is 9. The summed E-state index contributed by atoms with van der Waals surface area (Å²) in [5.74, 6) is 0. The van der Waals surface area contributed by atoms with Crippen molar-refractivity contribution >= 4 is 0 Å². The molecular weight excluding hydrogens is 238 g/mol. The molecule has 1 aromatic rings. The van der Waals surface area contributed by atoms with Crippen LogP contribution in [0.2, 0.25) is 0 Å². The molecule has 0 bridgehead atoms. The summed E-state index contributed by atoms with van der Waals surface area (Å²) >= 11 is 0. The zero-order valence-electron chi connectivity index (χ0n) is 13.1. The molecule has 0 aliphatic heterocycles. The monoisotopic (exact) mass is 267 g/mol. The van der Waals surface area contributed by atoms with E-state index in [9.17, 15) is 0 Å². The first-order valence-corrected chi connectivity index (χ1v) is 7.00. The highest BCUT2D eigenvalue weighted by atomic mass is 16.5. The third-order valence-electron chi connectivity index (χ3n) is 3.20. The average molecular weight is 267 g/mol. The molecule has 0 aliphatic rings. The fraction of sp³-hybridized carbons (Fsp3) is 0.800. The number of hydrogen-bond donors (Lipinski definition) is 1. The zero-order valence-corrected chi connectivity index (χ0v) is 13.1. The van der Waals surface area contributed by atoms with Gasteiger partial charge in [-0.15, -0.1) is 0 Å². The molecule has 110 valence electrons. The van der Waals surface area contributed by atoms with Gasteiger partial charge < -0.3 is 14.6 Å². The lowest BCUT2D eigenvalue weighted by molar-refractivity contribution is 0.0675. The number of aromatic nitrogens is 2. The molecule has 0 saturated carbocycles. The lowest BCUT2D eigenvalue weighted by Gasteiger charge is -2.34. The number of imidazole rings is 1. The predicted molar refractivity (Wildman–Crippen MR) is 79.2 cm³/mol. The summed E-state index contributed by atoms with van der Waals surface area (Å²) < 4.78 is 7.39. The number of hydrogen-bond acceptors (Lipinski definition) is 3. The Labute approximate surface area is 117 Å². The molecule has 0 amide bonds. The van der Waals surface area contributed by atoms with Crippen molar-refractivity contribution in [2.45, 2.75) is 40.7 Å². The van der Waals surface area contributed by atoms with Crippen molar-refractivity contribution in [2.75, 3.05) is 26.8 Å². The minimum Gasteiger partial charge on any atom is -0.384 e. The molecule has 0 saturated heterocycles. The molecule has 0 fully saturated rings. The van der Waals surface area contributed by atoms with E-state index in [1.54, 1.807) is 7.11 Å². The van der Waals surface area contributed by atoms with Gasteiger partial charge in [0.15, 0.2) is 0 Å². The lowest BCUT2D eigenvalue weighted by atomic mass is 9.75. The smallest absolute Gasteiger partial charge is 0.0946 e. The van der Waals surface area contributed by atoms with Crippen LogP contribution in [0.5, 0.6) is 0 Å². The summed E-state index contributed by atoms with van der Waals surface area (Å²) in [6.45, 7) is 12.9. The van der Waals surface area contributed by atoms with Gasteiger partial charge in [0.2, 0.25) is 0 Å². The largest absolute Gasteiger partial charge is 0.384 e. The molecule has 0 aromatic carbocycles. The highest BCUT2D eigenvalue weighted by molar-refractivity contribution is 4.81. The highest BCUT2D eigenvalue weighted by Gasteiger charge is 2.28. The van der Waals surface area contributed by atoms with E-state index in [0.717, 1.165) is 32.7 Å². The molecule has 0 unspecified atom stereocenters. The fourth-order valence-electron chi connectivity index (χ4n) is 2.85. The Morgan fingerprint density at radius 2 is 1.95 bits per heavy atom. The van der Waals surface area contributed by atoms with Gasteiger partial charge in [0.05, 0.1) is 12.9 Å². The first-order valence-electron chi connectivity index (χ1n) is 7.00. The van der Waals surface area contributed by atoms with Crippen molar-refractivity contribution in [3.63, 3.8) is 0 Å². The predicted octanol–water partition coefficient (Wildman–Crippen LogP) is 2.56. The summed E-state index contributed by atoms with van der Waals surface area (Å²) in [6.07, 6.45) is 6.81. The van der Waals surface area contributed by atoms with E-state index >= 15 is 0 Å². The average Bonchev–Trinajstić information content (AvgIpc) is 2.75. The molecule has 4 heteroatoms. The molecule has 0 spiro atoms. The molecule has 0 radical (unpaired) electrons. The van der Waals surface area contributed by atoms with Gasteiger partial charge in [-0.05, 0) is 17.3 Å². The minimum atomic E-state index is 0.226. The van der Waals surface area contributed by atoms with Crippen molar-refractivity contribution in [3.8, 4) is 0 Å². The summed E-state index contributed by atoms with van der Waals surface area (Å²) in [5, 5.41) is 3.54. The van der Waals surface area contributed by atoms with Crippen LogP contribution in [-0.4, -0.2) is 36.4 Å². The fourth-order valence-corrected chi connectivity index (χ4v) is 2.85. The molecule has 0 atom stereocenters. The Hall–Kier alpha value is -0.870. The van der Waals surface area contributed by atoms with E-state index in [2.05, 4.69) is 42.6 Å². The molecular formula is C15H29N3O. The molecule has 4 nitrogen and oxygen atoms in total. The van der Waals surface area contributed by atoms with Crippen molar-refractivity contribution < 1.29 is 4.74 Å². The van der Waals surface area contributed by atoms with E-state index in [4.69, 9.17) is 4.74 Å². The van der Waals surface area contributed by atoms with E-state index in [0.29, 0.717) is 0 Å². The third kappa shape index (κ3) is 6.73. The van der Waals surface area contributed by atoms with E-state index in [-0.39, 0.29) is 10.8 Å². The van der Waals surface area contributed by atoms with Crippen molar-refractivity contribution in [2.24, 2.45) is 10.8 Å². The summed E-state index contributed by atoms with van der Waals surface area (Å²) in [4.78, 5) is 4.04. The number of methoxy groups -OCH3 is 1. The van der Waals surface area contributed by atoms with Crippen LogP contribution in [0.25, 0.3) is 0 Å². The zero-order chi connectivity index (χ0) is 14.4. The minimum absolute atomic E-state index is 0.226. The van der Waals surface area contributed by atoms with Gasteiger partial charge in [-0.3, -0.25) is 0 Å². The van der Waals surface area contributed by atoms with Gasteiger partial charge >= 0.3 is 0 Å². The van der Waals surface area contributed by atoms with Gasteiger partial charge in [0, 0.05) is 39.1 Å². The molecule has 1 heterocycles. The second kappa shape index (κ2) is 7.06. The van der Waals surface area contributed by atoms with E-state index < -0.39 is 0 Å². The van der Waals surface area contributed by atoms with Crippen LogP contribution in [0, 0.1) is 10.8 Å². The van der Waals surface area contributed by atoms with Gasteiger partial charge in [-0.1, -0.05) is 27.7 Å². The van der Waals surface area contributed by atoms with Crippen LogP contribution in [0.4, 0.5) is 0 Å². The Kier molecular flexibility index (Phi) is 6.01. The summed E-state index contributed by atoms with van der Waals surface area (Å²) in [6, 6.07) is 0. The Morgan fingerprint density at radius 1 is 1.21 bits per heavy atom. The first-order chi connectivity index (χ1) is 8.85. The molecule has 0 aliphatic carbocycles.